The molecule has 1 N–H and O–H groups in total. The van der Waals surface area contributed by atoms with Crippen molar-refractivity contribution in [2.24, 2.45) is 11.8 Å². The minimum absolute atomic E-state index is 0.149. The van der Waals surface area contributed by atoms with Gasteiger partial charge in [-0.05, 0) is 38.4 Å². The third-order valence-corrected chi connectivity index (χ3v) is 3.64. The summed E-state index contributed by atoms with van der Waals surface area (Å²) in [6.07, 6.45) is 3.75. The Kier molecular flexibility index (Phi) is 4.17. The molecule has 18 heavy (non-hydrogen) atoms. The molecule has 0 aromatic rings. The van der Waals surface area contributed by atoms with E-state index in [2.05, 4.69) is 12.2 Å². The van der Waals surface area contributed by atoms with E-state index in [1.165, 1.54) is 0 Å². The van der Waals surface area contributed by atoms with Crippen LogP contribution in [0.5, 0.6) is 0 Å². The van der Waals surface area contributed by atoms with Crippen LogP contribution in [0.3, 0.4) is 0 Å². The zero-order chi connectivity index (χ0) is 13.1. The second-order valence-electron chi connectivity index (χ2n) is 4.99. The van der Waals surface area contributed by atoms with E-state index in [1.807, 2.05) is 11.8 Å². The van der Waals surface area contributed by atoms with E-state index in [9.17, 15) is 9.18 Å². The molecule has 0 aromatic carbocycles. The van der Waals surface area contributed by atoms with Crippen LogP contribution in [0.1, 0.15) is 20.3 Å². The second kappa shape index (κ2) is 5.65. The molecule has 1 fully saturated rings. The van der Waals surface area contributed by atoms with E-state index in [1.54, 1.807) is 6.08 Å². The van der Waals surface area contributed by atoms with Gasteiger partial charge in [-0.3, -0.25) is 4.79 Å². The first-order valence-electron chi connectivity index (χ1n) is 6.73. The van der Waals surface area contributed by atoms with Crippen molar-refractivity contribution in [3.8, 4) is 0 Å². The summed E-state index contributed by atoms with van der Waals surface area (Å²) in [5.74, 6) is 0.449. The Morgan fingerprint density at radius 3 is 2.89 bits per heavy atom. The van der Waals surface area contributed by atoms with Crippen molar-refractivity contribution >= 4 is 5.78 Å². The molecule has 2 rings (SSSR count). The van der Waals surface area contributed by atoms with Gasteiger partial charge in [0, 0.05) is 24.2 Å². The highest BCUT2D eigenvalue weighted by atomic mass is 19.1. The first kappa shape index (κ1) is 13.3. The van der Waals surface area contributed by atoms with Gasteiger partial charge in [0.25, 0.3) is 0 Å². The first-order chi connectivity index (χ1) is 8.65. The zero-order valence-electron chi connectivity index (χ0n) is 11.1. The van der Waals surface area contributed by atoms with E-state index in [-0.39, 0.29) is 5.78 Å². The molecule has 0 radical (unpaired) electrons. The number of hydrogen-bond acceptors (Lipinski definition) is 3. The molecule has 1 aliphatic carbocycles. The number of carbonyl (C=O) groups excluding carboxylic acids is 1. The summed E-state index contributed by atoms with van der Waals surface area (Å²) in [5.41, 5.74) is 1.00. The topological polar surface area (TPSA) is 32.3 Å². The molecule has 0 bridgehead atoms. The summed E-state index contributed by atoms with van der Waals surface area (Å²) in [5, 5.41) is 3.33. The Labute approximate surface area is 108 Å². The third kappa shape index (κ3) is 2.99. The molecule has 1 heterocycles. The average Bonchev–Trinajstić information content (AvgIpc) is 3.10. The molecule has 0 saturated heterocycles. The van der Waals surface area contributed by atoms with Gasteiger partial charge in [-0.25, -0.2) is 4.39 Å². The Morgan fingerprint density at radius 2 is 2.22 bits per heavy atom. The lowest BCUT2D eigenvalue weighted by molar-refractivity contribution is -0.115. The van der Waals surface area contributed by atoms with Crippen molar-refractivity contribution in [2.75, 3.05) is 26.2 Å². The molecule has 1 saturated carbocycles. The lowest BCUT2D eigenvalue weighted by atomic mass is 10.2. The highest BCUT2D eigenvalue weighted by Crippen LogP contribution is 2.45. The van der Waals surface area contributed by atoms with Gasteiger partial charge in [0.15, 0.2) is 5.78 Å². The summed E-state index contributed by atoms with van der Waals surface area (Å²) >= 11 is 0. The van der Waals surface area contributed by atoms with Gasteiger partial charge < -0.3 is 10.2 Å². The van der Waals surface area contributed by atoms with Crippen LogP contribution in [0, 0.1) is 11.8 Å². The lowest BCUT2D eigenvalue weighted by Crippen LogP contribution is -2.29. The van der Waals surface area contributed by atoms with E-state index < -0.39 is 5.83 Å². The number of likely N-dealkylation sites (N-methyl/N-ethyl adjacent to an activating group) is 1. The maximum atomic E-state index is 13.5. The third-order valence-electron chi connectivity index (χ3n) is 3.64. The number of hydrogen-bond donors (Lipinski definition) is 1. The fraction of sp³-hybridized carbons (Fsp3) is 0.643. The number of nitrogens with one attached hydrogen (secondary N) is 1. The molecule has 2 unspecified atom stereocenters. The first-order valence-corrected chi connectivity index (χ1v) is 6.73. The van der Waals surface area contributed by atoms with Crippen LogP contribution >= 0.6 is 0 Å². The molecular weight excluding hydrogens is 231 g/mol. The molecule has 0 aromatic heterocycles. The van der Waals surface area contributed by atoms with Gasteiger partial charge in [-0.15, -0.1) is 0 Å². The average molecular weight is 252 g/mol. The molecule has 2 aliphatic rings. The SMILES string of the molecule is CCNCC1CC1C1=CC(F)=CC(=O)CN1CC. The quantitative estimate of drug-likeness (QED) is 0.811. The number of ketones is 1. The fourth-order valence-electron chi connectivity index (χ4n) is 2.55. The van der Waals surface area contributed by atoms with Gasteiger partial charge in [-0.2, -0.15) is 0 Å². The number of carbonyl (C=O) groups is 1. The maximum absolute atomic E-state index is 13.5. The summed E-state index contributed by atoms with van der Waals surface area (Å²) < 4.78 is 13.5. The van der Waals surface area contributed by atoms with E-state index >= 15 is 0 Å². The number of halogens is 1. The molecule has 0 spiro atoms. The number of rotatable bonds is 5. The molecular formula is C14H21FN2O. The van der Waals surface area contributed by atoms with Crippen LogP contribution < -0.4 is 5.32 Å². The van der Waals surface area contributed by atoms with Gasteiger partial charge >= 0.3 is 0 Å². The summed E-state index contributed by atoms with van der Waals surface area (Å²) in [6, 6.07) is 0. The van der Waals surface area contributed by atoms with Gasteiger partial charge in [0.05, 0.1) is 6.54 Å². The van der Waals surface area contributed by atoms with Crippen molar-refractivity contribution in [1.29, 1.82) is 0 Å². The molecule has 3 nitrogen and oxygen atoms in total. The standard InChI is InChI=1S/C14H21FN2O/c1-3-16-8-10-5-13(10)14-7-11(15)6-12(18)9-17(14)4-2/h6-7,10,13,16H,3-5,8-9H2,1-2H3. The second-order valence-corrected chi connectivity index (χ2v) is 4.99. The smallest absolute Gasteiger partial charge is 0.177 e. The van der Waals surface area contributed by atoms with Crippen LogP contribution in [-0.4, -0.2) is 36.9 Å². The number of nitrogens with zero attached hydrogens (tertiary/aromatic N) is 1. The summed E-state index contributed by atoms with van der Waals surface area (Å²) in [6.45, 7) is 7.10. The van der Waals surface area contributed by atoms with Crippen molar-refractivity contribution in [2.45, 2.75) is 20.3 Å². The largest absolute Gasteiger partial charge is 0.367 e. The van der Waals surface area contributed by atoms with Crippen molar-refractivity contribution in [1.82, 2.24) is 10.2 Å². The molecule has 100 valence electrons. The predicted molar refractivity (Wildman–Crippen MR) is 69.7 cm³/mol. The van der Waals surface area contributed by atoms with Crippen molar-refractivity contribution in [3.63, 3.8) is 0 Å². The van der Waals surface area contributed by atoms with Crippen LogP contribution in [0.25, 0.3) is 0 Å². The van der Waals surface area contributed by atoms with E-state index in [0.29, 0.717) is 18.4 Å². The highest BCUT2D eigenvalue weighted by molar-refractivity contribution is 5.92. The minimum atomic E-state index is -0.403. The molecule has 2 atom stereocenters. The van der Waals surface area contributed by atoms with Crippen LogP contribution in [0.4, 0.5) is 4.39 Å². The zero-order valence-corrected chi connectivity index (χ0v) is 11.1. The monoisotopic (exact) mass is 252 g/mol. The Hall–Kier alpha value is -1.16. The summed E-state index contributed by atoms with van der Waals surface area (Å²) in [7, 11) is 0. The Bertz CT molecular complexity index is 389. The van der Waals surface area contributed by atoms with Gasteiger partial charge in [0.2, 0.25) is 0 Å². The Balaban J connectivity index is 2.06. The molecule has 1 aliphatic heterocycles. The number of allylic oxidation sites excluding steroid dienone is 3. The summed E-state index contributed by atoms with van der Waals surface area (Å²) in [4.78, 5) is 13.5. The van der Waals surface area contributed by atoms with E-state index in [0.717, 1.165) is 37.8 Å². The van der Waals surface area contributed by atoms with Crippen LogP contribution in [0.2, 0.25) is 0 Å². The molecule has 0 amide bonds. The highest BCUT2D eigenvalue weighted by Gasteiger charge is 2.41. The normalized spacial score (nSPS) is 27.7. The van der Waals surface area contributed by atoms with Crippen LogP contribution in [0.15, 0.2) is 23.7 Å². The lowest BCUT2D eigenvalue weighted by Gasteiger charge is -2.24. The maximum Gasteiger partial charge on any atom is 0.177 e. The predicted octanol–water partition coefficient (Wildman–Crippen LogP) is 1.87. The Morgan fingerprint density at radius 1 is 1.44 bits per heavy atom. The van der Waals surface area contributed by atoms with Gasteiger partial charge in [0.1, 0.15) is 5.83 Å². The van der Waals surface area contributed by atoms with E-state index in [4.69, 9.17) is 0 Å². The fourth-order valence-corrected chi connectivity index (χ4v) is 2.55. The van der Waals surface area contributed by atoms with Crippen molar-refractivity contribution in [3.05, 3.63) is 23.7 Å². The minimum Gasteiger partial charge on any atom is -0.367 e. The van der Waals surface area contributed by atoms with Gasteiger partial charge in [-0.1, -0.05) is 6.92 Å². The van der Waals surface area contributed by atoms with Crippen LogP contribution in [-0.2, 0) is 4.79 Å². The van der Waals surface area contributed by atoms with Crippen molar-refractivity contribution < 1.29 is 9.18 Å². The molecule has 4 heteroatoms.